The van der Waals surface area contributed by atoms with Crippen molar-refractivity contribution in [1.29, 1.82) is 0 Å². The van der Waals surface area contributed by atoms with E-state index < -0.39 is 28.6 Å². The minimum atomic E-state index is -2.24. The predicted molar refractivity (Wildman–Crippen MR) is 229 cm³/mol. The Bertz CT molecular complexity index is 891. The second-order valence-corrected chi connectivity index (χ2v) is 14.2. The lowest BCUT2D eigenvalue weighted by Gasteiger charge is -2.53. The highest BCUT2D eigenvalue weighted by Gasteiger charge is 2.69. The van der Waals surface area contributed by atoms with Gasteiger partial charge in [-0.1, -0.05) is 26.7 Å². The van der Waals surface area contributed by atoms with E-state index in [2.05, 4.69) is 0 Å². The van der Waals surface area contributed by atoms with Crippen LogP contribution in [0.25, 0.3) is 0 Å². The monoisotopic (exact) mass is 907 g/mol. The number of Topliss-reactive ketones (excluding diaryl/α,β-unsaturated/α-hetero) is 1. The predicted octanol–water partition coefficient (Wildman–Crippen LogP) is 3.14. The summed E-state index contributed by atoms with van der Waals surface area (Å²) in [6.07, 6.45) is 1.71. The number of rotatable bonds is 50. The van der Waals surface area contributed by atoms with E-state index in [1.807, 2.05) is 13.8 Å². The zero-order valence-corrected chi connectivity index (χ0v) is 40.1. The summed E-state index contributed by atoms with van der Waals surface area (Å²) in [6.45, 7) is 12.2. The van der Waals surface area contributed by atoms with Crippen molar-refractivity contribution >= 4 is 5.78 Å². The van der Waals surface area contributed by atoms with Crippen molar-refractivity contribution in [1.82, 2.24) is 0 Å². The van der Waals surface area contributed by atoms with Crippen LogP contribution in [0.3, 0.4) is 0 Å². The van der Waals surface area contributed by atoms with Crippen LogP contribution in [0.2, 0.25) is 0 Å². The van der Waals surface area contributed by atoms with Gasteiger partial charge < -0.3 is 85.3 Å². The van der Waals surface area contributed by atoms with E-state index in [-0.39, 0.29) is 79.3 Å². The summed E-state index contributed by atoms with van der Waals surface area (Å²) < 4.78 is 107. The van der Waals surface area contributed by atoms with E-state index in [1.165, 1.54) is 0 Å². The van der Waals surface area contributed by atoms with E-state index in [0.717, 1.165) is 0 Å². The van der Waals surface area contributed by atoms with Crippen LogP contribution < -0.4 is 0 Å². The van der Waals surface area contributed by atoms with Gasteiger partial charge in [0.05, 0.1) is 159 Å². The molecule has 19 nitrogen and oxygen atoms in total. The molecule has 2 atom stereocenters. The maximum absolute atomic E-state index is 16.5. The molecule has 0 aromatic rings. The highest BCUT2D eigenvalue weighted by Crippen LogP contribution is 2.46. The number of carbonyl (C=O) groups is 1. The molecule has 0 heterocycles. The Labute approximate surface area is 372 Å². The average Bonchev–Trinajstić information content (AvgIpc) is 3.26. The van der Waals surface area contributed by atoms with Crippen molar-refractivity contribution in [3.05, 3.63) is 0 Å². The van der Waals surface area contributed by atoms with Gasteiger partial charge in [0, 0.05) is 42.7 Å². The minimum absolute atomic E-state index is 0.0770. The fraction of sp³-hybridized carbons (Fsp3) is 0.977. The van der Waals surface area contributed by atoms with Gasteiger partial charge in [-0.2, -0.15) is 0 Å². The first kappa shape index (κ1) is 60.9. The fourth-order valence-corrected chi connectivity index (χ4v) is 6.37. The molecule has 62 heavy (non-hydrogen) atoms. The summed E-state index contributed by atoms with van der Waals surface area (Å²) in [4.78, 5) is 16.5. The van der Waals surface area contributed by atoms with E-state index in [9.17, 15) is 0 Å². The van der Waals surface area contributed by atoms with Gasteiger partial charge in [0.1, 0.15) is 11.2 Å². The average molecular weight is 907 g/mol. The first-order valence-corrected chi connectivity index (χ1v) is 21.9. The molecule has 372 valence electrons. The topological polar surface area (TPSA) is 183 Å². The summed E-state index contributed by atoms with van der Waals surface area (Å²) >= 11 is 0. The molecule has 0 saturated heterocycles. The number of carbonyl (C=O) groups excluding carboxylic acids is 1. The Morgan fingerprint density at radius 3 is 0.694 bits per heavy atom. The van der Waals surface area contributed by atoms with E-state index >= 15 is 4.79 Å². The van der Waals surface area contributed by atoms with Crippen LogP contribution in [-0.2, 0) is 90.1 Å². The van der Waals surface area contributed by atoms with E-state index in [1.54, 1.807) is 56.5 Å². The summed E-state index contributed by atoms with van der Waals surface area (Å²) in [7, 11) is 9.55. The Kier molecular flexibility index (Phi) is 39.6. The molecule has 19 heteroatoms. The van der Waals surface area contributed by atoms with Crippen molar-refractivity contribution < 1.29 is 90.1 Å². The molecule has 0 amide bonds. The third kappa shape index (κ3) is 23.9. The molecule has 0 N–H and O–H groups in total. The standard InChI is InChI=1S/C43H86O19/c1-11-13-40(3,57-33-27-51-21-15-45-5)42(59-35-29-53-23-17-47-7,60-36-30-54-24-18-48-8)39(44)43(61-37-31-55-25-19-49-9,62-38-32-56-26-20-50-10)41(4,14-12-2)58-34-28-52-22-16-46-6/h11-38H2,1-10H3. The van der Waals surface area contributed by atoms with E-state index in [4.69, 9.17) is 85.3 Å². The molecule has 0 radical (unpaired) electrons. The van der Waals surface area contributed by atoms with Gasteiger partial charge >= 0.3 is 0 Å². The van der Waals surface area contributed by atoms with Crippen molar-refractivity contribution in [3.63, 3.8) is 0 Å². The highest BCUT2D eigenvalue weighted by atomic mass is 16.8. The van der Waals surface area contributed by atoms with Gasteiger partial charge in [0.25, 0.3) is 17.4 Å². The Morgan fingerprint density at radius 2 is 0.500 bits per heavy atom. The van der Waals surface area contributed by atoms with Crippen molar-refractivity contribution in [2.75, 3.05) is 201 Å². The van der Waals surface area contributed by atoms with Crippen LogP contribution in [0.1, 0.15) is 53.4 Å². The van der Waals surface area contributed by atoms with Crippen molar-refractivity contribution in [3.8, 4) is 0 Å². The summed E-state index contributed by atoms with van der Waals surface area (Å²) in [5, 5.41) is 0. The molecule has 0 aliphatic rings. The van der Waals surface area contributed by atoms with Gasteiger partial charge in [-0.05, 0) is 26.7 Å². The summed E-state index contributed by atoms with van der Waals surface area (Å²) in [6, 6.07) is 0. The molecular weight excluding hydrogens is 820 g/mol. The van der Waals surface area contributed by atoms with Crippen molar-refractivity contribution in [2.45, 2.75) is 76.2 Å². The molecule has 0 rings (SSSR count). The van der Waals surface area contributed by atoms with Crippen LogP contribution in [0.5, 0.6) is 0 Å². The van der Waals surface area contributed by atoms with Crippen LogP contribution in [0.15, 0.2) is 0 Å². The smallest absolute Gasteiger partial charge is 0.264 e. The molecule has 0 aliphatic carbocycles. The quantitative estimate of drug-likeness (QED) is 0.0641. The molecule has 0 saturated carbocycles. The van der Waals surface area contributed by atoms with Gasteiger partial charge in [-0.3, -0.25) is 4.79 Å². The normalized spacial score (nSPS) is 14.4. The number of hydrogen-bond acceptors (Lipinski definition) is 19. The van der Waals surface area contributed by atoms with Gasteiger partial charge in [0.2, 0.25) is 0 Å². The Hall–Kier alpha value is -1.05. The van der Waals surface area contributed by atoms with Crippen molar-refractivity contribution in [2.24, 2.45) is 0 Å². The number of ether oxygens (including phenoxy) is 18. The van der Waals surface area contributed by atoms with Crippen LogP contribution in [0, 0.1) is 0 Å². The van der Waals surface area contributed by atoms with Crippen LogP contribution >= 0.6 is 0 Å². The van der Waals surface area contributed by atoms with Gasteiger partial charge in [0.15, 0.2) is 0 Å². The van der Waals surface area contributed by atoms with Crippen LogP contribution in [-0.4, -0.2) is 230 Å². The fourth-order valence-electron chi connectivity index (χ4n) is 6.37. The zero-order valence-electron chi connectivity index (χ0n) is 40.1. The Balaban J connectivity index is 7.92. The SMILES string of the molecule is CCCC(C)(OCCOCCOC)C(OCCOCCOC)(OCCOCCOC)C(=O)C(OCCOCCOC)(OCCOCCOC)C(C)(CCC)OCCOCCOC. The lowest BCUT2D eigenvalue weighted by atomic mass is 9.77. The van der Waals surface area contributed by atoms with Crippen LogP contribution in [0.4, 0.5) is 0 Å². The lowest BCUT2D eigenvalue weighted by Crippen LogP contribution is -2.74. The molecule has 0 spiro atoms. The molecular formula is C43H86O19. The number of methoxy groups -OCH3 is 6. The summed E-state index contributed by atoms with van der Waals surface area (Å²) in [5.41, 5.74) is -3.00. The molecule has 0 aliphatic heterocycles. The van der Waals surface area contributed by atoms with E-state index in [0.29, 0.717) is 105 Å². The largest absolute Gasteiger partial charge is 0.382 e. The zero-order chi connectivity index (χ0) is 46.1. The maximum Gasteiger partial charge on any atom is 0.264 e. The van der Waals surface area contributed by atoms with Gasteiger partial charge in [-0.15, -0.1) is 0 Å². The highest BCUT2D eigenvalue weighted by molar-refractivity contribution is 5.95. The lowest BCUT2D eigenvalue weighted by molar-refractivity contribution is -0.359. The Morgan fingerprint density at radius 1 is 0.306 bits per heavy atom. The molecule has 0 bridgehead atoms. The second-order valence-electron chi connectivity index (χ2n) is 14.2. The second kappa shape index (κ2) is 40.2. The first-order valence-electron chi connectivity index (χ1n) is 21.9. The minimum Gasteiger partial charge on any atom is -0.382 e. The third-order valence-electron chi connectivity index (χ3n) is 9.46. The summed E-state index contributed by atoms with van der Waals surface area (Å²) in [5.74, 6) is -5.22. The van der Waals surface area contributed by atoms with Gasteiger partial charge in [-0.25, -0.2) is 0 Å². The first-order chi connectivity index (χ1) is 30.1. The maximum atomic E-state index is 16.5. The number of hydrogen-bond donors (Lipinski definition) is 0. The molecule has 0 aromatic heterocycles. The molecule has 2 unspecified atom stereocenters. The molecule has 0 fully saturated rings. The number of ketones is 1. The molecule has 0 aromatic carbocycles. The third-order valence-corrected chi connectivity index (χ3v) is 9.46.